The third-order valence-electron chi connectivity index (χ3n) is 4.41. The number of alkyl halides is 3. The van der Waals surface area contributed by atoms with Crippen LogP contribution in [0, 0.1) is 5.92 Å². The van der Waals surface area contributed by atoms with E-state index in [0.29, 0.717) is 25.1 Å². The molecule has 0 aliphatic carbocycles. The molecular weight excluding hydrogens is 361 g/mol. The molecule has 27 heavy (non-hydrogen) atoms. The molecule has 1 aliphatic rings. The number of hydrogen-bond donors (Lipinski definition) is 1. The summed E-state index contributed by atoms with van der Waals surface area (Å²) in [6, 6.07) is 5.58. The van der Waals surface area contributed by atoms with E-state index in [1.165, 1.54) is 30.5 Å². The molecule has 0 bridgehead atoms. The van der Waals surface area contributed by atoms with Gasteiger partial charge in [0.05, 0.1) is 18.6 Å². The zero-order valence-corrected chi connectivity index (χ0v) is 14.7. The van der Waals surface area contributed by atoms with Gasteiger partial charge >= 0.3 is 6.18 Å². The fourth-order valence-electron chi connectivity index (χ4n) is 3.14. The maximum Gasteiger partial charge on any atom is 0.419 e. The van der Waals surface area contributed by atoms with E-state index < -0.39 is 17.7 Å². The van der Waals surface area contributed by atoms with Crippen LogP contribution in [0.2, 0.25) is 0 Å². The van der Waals surface area contributed by atoms with Crippen molar-refractivity contribution in [2.45, 2.75) is 19.0 Å². The van der Waals surface area contributed by atoms with Crippen molar-refractivity contribution in [3.05, 3.63) is 42.2 Å². The van der Waals surface area contributed by atoms with E-state index in [-0.39, 0.29) is 24.1 Å². The summed E-state index contributed by atoms with van der Waals surface area (Å²) >= 11 is 0. The molecule has 3 heterocycles. The van der Waals surface area contributed by atoms with Gasteiger partial charge in [0.2, 0.25) is 11.8 Å². The predicted octanol–water partition coefficient (Wildman–Crippen LogP) is 3.36. The van der Waals surface area contributed by atoms with Gasteiger partial charge < -0.3 is 15.0 Å². The van der Waals surface area contributed by atoms with Gasteiger partial charge in [0, 0.05) is 25.5 Å². The first-order chi connectivity index (χ1) is 12.9. The SMILES string of the molecule is COc1ncccc1NC(=O)C1CCCN(c2ncccc2C(F)(F)F)C1. The Bertz CT molecular complexity index is 813. The van der Waals surface area contributed by atoms with Crippen molar-refractivity contribution >= 4 is 17.4 Å². The van der Waals surface area contributed by atoms with Crippen molar-refractivity contribution in [2.24, 2.45) is 5.92 Å². The number of hydrogen-bond acceptors (Lipinski definition) is 5. The molecule has 3 rings (SSSR count). The molecule has 0 spiro atoms. The number of anilines is 2. The number of amides is 1. The number of carbonyl (C=O) groups is 1. The third-order valence-corrected chi connectivity index (χ3v) is 4.41. The summed E-state index contributed by atoms with van der Waals surface area (Å²) in [7, 11) is 1.44. The summed E-state index contributed by atoms with van der Waals surface area (Å²) in [5.41, 5.74) is -0.365. The molecule has 1 aliphatic heterocycles. The van der Waals surface area contributed by atoms with Crippen molar-refractivity contribution in [3.63, 3.8) is 0 Å². The van der Waals surface area contributed by atoms with Crippen LogP contribution in [0.5, 0.6) is 5.88 Å². The summed E-state index contributed by atoms with van der Waals surface area (Å²) < 4.78 is 44.9. The second-order valence-electron chi connectivity index (χ2n) is 6.21. The van der Waals surface area contributed by atoms with Gasteiger partial charge in [-0.3, -0.25) is 4.79 Å². The number of nitrogens with zero attached hydrogens (tertiary/aromatic N) is 3. The number of rotatable bonds is 4. The monoisotopic (exact) mass is 380 g/mol. The third kappa shape index (κ3) is 4.29. The molecule has 2 aromatic heterocycles. The van der Waals surface area contributed by atoms with Crippen LogP contribution in [0.4, 0.5) is 24.7 Å². The number of halogens is 3. The van der Waals surface area contributed by atoms with E-state index in [0.717, 1.165) is 6.07 Å². The molecule has 1 N–H and O–H groups in total. The minimum atomic E-state index is -4.50. The van der Waals surface area contributed by atoms with Crippen molar-refractivity contribution in [1.29, 1.82) is 0 Å². The Kier molecular flexibility index (Phi) is 5.48. The zero-order valence-electron chi connectivity index (χ0n) is 14.7. The molecule has 0 radical (unpaired) electrons. The quantitative estimate of drug-likeness (QED) is 0.881. The van der Waals surface area contributed by atoms with Gasteiger partial charge in [-0.05, 0) is 37.1 Å². The van der Waals surface area contributed by atoms with Gasteiger partial charge in [0.25, 0.3) is 0 Å². The largest absolute Gasteiger partial charge is 0.480 e. The van der Waals surface area contributed by atoms with Crippen molar-refractivity contribution in [1.82, 2.24) is 9.97 Å². The van der Waals surface area contributed by atoms with E-state index in [1.54, 1.807) is 12.1 Å². The molecule has 6 nitrogen and oxygen atoms in total. The van der Waals surface area contributed by atoms with Crippen LogP contribution in [-0.4, -0.2) is 36.1 Å². The van der Waals surface area contributed by atoms with Crippen LogP contribution in [0.3, 0.4) is 0 Å². The highest BCUT2D eigenvalue weighted by molar-refractivity contribution is 5.94. The van der Waals surface area contributed by atoms with Gasteiger partial charge in [-0.15, -0.1) is 0 Å². The zero-order chi connectivity index (χ0) is 19.4. The summed E-state index contributed by atoms with van der Waals surface area (Å²) in [6.07, 6.45) is -0.456. The predicted molar refractivity (Wildman–Crippen MR) is 93.6 cm³/mol. The van der Waals surface area contributed by atoms with Crippen LogP contribution >= 0.6 is 0 Å². The molecule has 0 aromatic carbocycles. The summed E-state index contributed by atoms with van der Waals surface area (Å²) in [5, 5.41) is 2.75. The minimum Gasteiger partial charge on any atom is -0.480 e. The first kappa shape index (κ1) is 18.9. The Morgan fingerprint density at radius 2 is 2.00 bits per heavy atom. The molecule has 1 fully saturated rings. The van der Waals surface area contributed by atoms with Gasteiger partial charge in [0.1, 0.15) is 11.5 Å². The topological polar surface area (TPSA) is 67.3 Å². The first-order valence-electron chi connectivity index (χ1n) is 8.47. The number of methoxy groups -OCH3 is 1. The van der Waals surface area contributed by atoms with Gasteiger partial charge in [0.15, 0.2) is 0 Å². The number of carbonyl (C=O) groups excluding carboxylic acids is 1. The molecule has 1 saturated heterocycles. The Labute approximate surface area is 154 Å². The first-order valence-corrected chi connectivity index (χ1v) is 8.47. The average Bonchev–Trinajstić information content (AvgIpc) is 2.68. The van der Waals surface area contributed by atoms with Crippen LogP contribution in [0.1, 0.15) is 18.4 Å². The Morgan fingerprint density at radius 3 is 2.74 bits per heavy atom. The second kappa shape index (κ2) is 7.81. The average molecular weight is 380 g/mol. The number of aromatic nitrogens is 2. The fourth-order valence-corrected chi connectivity index (χ4v) is 3.14. The molecule has 1 atom stereocenters. The summed E-state index contributed by atoms with van der Waals surface area (Å²) in [6.45, 7) is 0.578. The lowest BCUT2D eigenvalue weighted by molar-refractivity contribution is -0.137. The minimum absolute atomic E-state index is 0.138. The Hall–Kier alpha value is -2.84. The van der Waals surface area contributed by atoms with Crippen LogP contribution in [-0.2, 0) is 11.0 Å². The molecule has 1 amide bonds. The highest BCUT2D eigenvalue weighted by Crippen LogP contribution is 2.36. The normalized spacial score (nSPS) is 17.5. The van der Waals surface area contributed by atoms with E-state index in [9.17, 15) is 18.0 Å². The number of nitrogens with one attached hydrogen (secondary N) is 1. The lowest BCUT2D eigenvalue weighted by Crippen LogP contribution is -2.42. The van der Waals surface area contributed by atoms with Crippen LogP contribution in [0.25, 0.3) is 0 Å². The summed E-state index contributed by atoms with van der Waals surface area (Å²) in [5.74, 6) is -0.605. The van der Waals surface area contributed by atoms with Crippen LogP contribution < -0.4 is 15.0 Å². The molecule has 9 heteroatoms. The van der Waals surface area contributed by atoms with Crippen molar-refractivity contribution in [3.8, 4) is 5.88 Å². The maximum absolute atomic E-state index is 13.3. The van der Waals surface area contributed by atoms with Crippen molar-refractivity contribution in [2.75, 3.05) is 30.4 Å². The van der Waals surface area contributed by atoms with Gasteiger partial charge in [-0.1, -0.05) is 0 Å². The van der Waals surface area contributed by atoms with E-state index >= 15 is 0 Å². The number of piperidine rings is 1. The molecule has 0 saturated carbocycles. The number of ether oxygens (including phenoxy) is 1. The fraction of sp³-hybridized carbons (Fsp3) is 0.389. The molecular formula is C18H19F3N4O2. The lowest BCUT2D eigenvalue weighted by atomic mass is 9.96. The summed E-state index contributed by atoms with van der Waals surface area (Å²) in [4.78, 5) is 22.1. The lowest BCUT2D eigenvalue weighted by Gasteiger charge is -2.34. The molecule has 2 aromatic rings. The highest BCUT2D eigenvalue weighted by Gasteiger charge is 2.37. The second-order valence-corrected chi connectivity index (χ2v) is 6.21. The smallest absolute Gasteiger partial charge is 0.419 e. The molecule has 144 valence electrons. The van der Waals surface area contributed by atoms with Gasteiger partial charge in [-0.25, -0.2) is 9.97 Å². The molecule has 1 unspecified atom stereocenters. The Morgan fingerprint density at radius 1 is 1.26 bits per heavy atom. The van der Waals surface area contributed by atoms with E-state index in [4.69, 9.17) is 4.74 Å². The maximum atomic E-state index is 13.3. The van der Waals surface area contributed by atoms with Gasteiger partial charge in [-0.2, -0.15) is 13.2 Å². The highest BCUT2D eigenvalue weighted by atomic mass is 19.4. The van der Waals surface area contributed by atoms with E-state index in [2.05, 4.69) is 15.3 Å². The Balaban J connectivity index is 1.76. The van der Waals surface area contributed by atoms with Crippen LogP contribution in [0.15, 0.2) is 36.7 Å². The number of pyridine rings is 2. The van der Waals surface area contributed by atoms with E-state index in [1.807, 2.05) is 0 Å². The standard InChI is InChI=1S/C18H19F3N4O2/c1-27-17-14(7-3-9-23-17)24-16(26)12-5-4-10-25(11-12)15-13(18(19,20)21)6-2-8-22-15/h2-3,6-9,12H,4-5,10-11H2,1H3,(H,24,26). The van der Waals surface area contributed by atoms with Crippen molar-refractivity contribution < 1.29 is 22.7 Å².